The van der Waals surface area contributed by atoms with Gasteiger partial charge >= 0.3 is 11.9 Å². The zero-order valence-electron chi connectivity index (χ0n) is 30.3. The Labute approximate surface area is 315 Å². The number of hydrogen-bond acceptors (Lipinski definition) is 11. The van der Waals surface area contributed by atoms with Crippen LogP contribution in [0.3, 0.4) is 0 Å². The number of hydrogen-bond donors (Lipinski definition) is 0. The van der Waals surface area contributed by atoms with E-state index in [0.717, 1.165) is 0 Å². The number of nitro benzene ring substituents is 2. The zero-order valence-corrected chi connectivity index (χ0v) is 31.3. The first-order chi connectivity index (χ1) is 26.1. The van der Waals surface area contributed by atoms with Gasteiger partial charge in [0.1, 0.15) is 18.9 Å². The maximum Gasteiger partial charge on any atom is 0.355 e. The zero-order chi connectivity index (χ0) is 39.3. The summed E-state index contributed by atoms with van der Waals surface area (Å²) in [5.41, 5.74) is 4.25. The van der Waals surface area contributed by atoms with Gasteiger partial charge in [-0.2, -0.15) is 0 Å². The molecule has 3 aliphatic rings. The fraction of sp³-hybridized carbons (Fsp3) is 0.250. The predicted molar refractivity (Wildman–Crippen MR) is 200 cm³/mol. The van der Waals surface area contributed by atoms with E-state index in [1.165, 1.54) is 59.5 Å². The van der Waals surface area contributed by atoms with Gasteiger partial charge < -0.3 is 18.8 Å². The molecule has 0 radical (unpaired) electrons. The highest BCUT2D eigenvalue weighted by Gasteiger charge is 2.58. The van der Waals surface area contributed by atoms with Gasteiger partial charge in [-0.3, -0.25) is 29.8 Å². The van der Waals surface area contributed by atoms with E-state index >= 15 is 0 Å². The van der Waals surface area contributed by atoms with E-state index in [-0.39, 0.29) is 59.7 Å². The summed E-state index contributed by atoms with van der Waals surface area (Å²) in [5.74, 6) is -2.41. The molecular formula is C40H35N3O11Si. The van der Waals surface area contributed by atoms with Crippen LogP contribution in [0.2, 0.25) is 19.6 Å². The lowest BCUT2D eigenvalue weighted by molar-refractivity contribution is -0.385. The number of esters is 2. The second kappa shape index (κ2) is 14.2. The molecule has 0 bridgehead atoms. The van der Waals surface area contributed by atoms with Crippen molar-refractivity contribution < 1.29 is 42.9 Å². The highest BCUT2D eigenvalue weighted by molar-refractivity contribution is 6.69. The van der Waals surface area contributed by atoms with Crippen molar-refractivity contribution in [2.24, 2.45) is 5.92 Å². The smallest absolute Gasteiger partial charge is 0.355 e. The van der Waals surface area contributed by atoms with Crippen LogP contribution < -0.4 is 0 Å². The third kappa shape index (κ3) is 7.06. The van der Waals surface area contributed by atoms with Gasteiger partial charge in [0.25, 0.3) is 11.4 Å². The van der Waals surface area contributed by atoms with Crippen LogP contribution in [0.15, 0.2) is 90.6 Å². The standard InChI is InChI=1S/C40H35N3O11Si/c1-22(54-55(2,3)4)35-34-19-31(36(41(34)38(35)45)40(47)53-21-24-7-13-28(14-8-24)43(50)51)25-9-16-30-32(17-25)29-15-10-26(18-33(29)37(30)44)39(46)52-20-23-5-11-27(12-6-23)42(48)49/h5-18,22,34-35H,19-21H2,1-4H3/t22-,34-,35-/m1/s1. The summed E-state index contributed by atoms with van der Waals surface area (Å²) < 4.78 is 17.4. The van der Waals surface area contributed by atoms with E-state index in [9.17, 15) is 39.4 Å². The van der Waals surface area contributed by atoms with E-state index in [1.807, 2.05) is 26.6 Å². The van der Waals surface area contributed by atoms with Gasteiger partial charge in [0.2, 0.25) is 5.91 Å². The molecule has 14 nitrogen and oxygen atoms in total. The molecule has 1 saturated heterocycles. The van der Waals surface area contributed by atoms with Crippen LogP contribution >= 0.6 is 0 Å². The van der Waals surface area contributed by atoms with E-state index in [4.69, 9.17) is 13.9 Å². The number of carbonyl (C=O) groups is 4. The summed E-state index contributed by atoms with van der Waals surface area (Å²) in [6.07, 6.45) is -0.0339. The number of nitro groups is 2. The van der Waals surface area contributed by atoms with Crippen molar-refractivity contribution in [3.05, 3.63) is 144 Å². The Hall–Kier alpha value is -6.32. The number of β-lactam (4-membered cyclic amide) rings is 1. The molecule has 7 rings (SSSR count). The molecular weight excluding hydrogens is 727 g/mol. The summed E-state index contributed by atoms with van der Waals surface area (Å²) in [6, 6.07) is 20.8. The normalized spacial score (nSPS) is 17.6. The Bertz CT molecular complexity index is 2330. The lowest BCUT2D eigenvalue weighted by Crippen LogP contribution is -2.63. The topological polar surface area (TPSA) is 185 Å². The number of fused-ring (bicyclic) bond motifs is 4. The van der Waals surface area contributed by atoms with E-state index in [2.05, 4.69) is 0 Å². The minimum Gasteiger partial charge on any atom is -0.457 e. The third-order valence-electron chi connectivity index (χ3n) is 9.88. The van der Waals surface area contributed by atoms with Crippen LogP contribution in [-0.2, 0) is 36.7 Å². The fourth-order valence-corrected chi connectivity index (χ4v) is 8.66. The molecule has 280 valence electrons. The SMILES string of the molecule is C[C@@H](O[Si](C)(C)C)[C@H]1C(=O)N2C(C(=O)OCc3ccc([N+](=O)[O-])cc3)=C(c3ccc4c(c3)-c3ccc(C(=O)OCc5ccc([N+](=O)[O-])cc5)cc3C4=O)C[C@H]12. The van der Waals surface area contributed by atoms with Gasteiger partial charge in [-0.05, 0) is 115 Å². The largest absolute Gasteiger partial charge is 0.457 e. The molecule has 1 amide bonds. The molecule has 3 atom stereocenters. The molecule has 15 heteroatoms. The second-order valence-corrected chi connectivity index (χ2v) is 19.1. The van der Waals surface area contributed by atoms with Crippen molar-refractivity contribution in [2.75, 3.05) is 0 Å². The monoisotopic (exact) mass is 761 g/mol. The van der Waals surface area contributed by atoms with E-state index in [0.29, 0.717) is 50.9 Å². The molecule has 4 aromatic carbocycles. The average Bonchev–Trinajstić information content (AvgIpc) is 3.63. The Morgan fingerprint density at radius 3 is 1.89 bits per heavy atom. The highest BCUT2D eigenvalue weighted by atomic mass is 28.4. The first kappa shape index (κ1) is 37.0. The van der Waals surface area contributed by atoms with Gasteiger partial charge in [0.15, 0.2) is 14.1 Å². The summed E-state index contributed by atoms with van der Waals surface area (Å²) in [5, 5.41) is 22.0. The van der Waals surface area contributed by atoms with Crippen molar-refractivity contribution in [3.8, 4) is 11.1 Å². The van der Waals surface area contributed by atoms with Gasteiger partial charge in [-0.15, -0.1) is 0 Å². The number of carbonyl (C=O) groups excluding carboxylic acids is 4. The average molecular weight is 762 g/mol. The third-order valence-corrected chi connectivity index (χ3v) is 11.0. The molecule has 55 heavy (non-hydrogen) atoms. The van der Waals surface area contributed by atoms with E-state index < -0.39 is 36.0 Å². The minimum absolute atomic E-state index is 0.0841. The second-order valence-electron chi connectivity index (χ2n) is 14.6. The number of amides is 1. The van der Waals surface area contributed by atoms with Crippen molar-refractivity contribution in [2.45, 2.75) is 58.3 Å². The summed E-state index contributed by atoms with van der Waals surface area (Å²) >= 11 is 0. The molecule has 0 saturated carbocycles. The first-order valence-electron chi connectivity index (χ1n) is 17.5. The Morgan fingerprint density at radius 1 is 0.764 bits per heavy atom. The van der Waals surface area contributed by atoms with Gasteiger partial charge in [0.05, 0.1) is 33.5 Å². The van der Waals surface area contributed by atoms with Crippen LogP contribution in [0, 0.1) is 26.1 Å². The number of rotatable bonds is 12. The van der Waals surface area contributed by atoms with Crippen molar-refractivity contribution in [1.29, 1.82) is 0 Å². The van der Waals surface area contributed by atoms with Gasteiger partial charge in [-0.1, -0.05) is 12.1 Å². The molecule has 2 heterocycles. The van der Waals surface area contributed by atoms with Crippen molar-refractivity contribution in [3.63, 3.8) is 0 Å². The lowest BCUT2D eigenvalue weighted by Gasteiger charge is -2.47. The maximum atomic E-state index is 13.9. The lowest BCUT2D eigenvalue weighted by atomic mass is 9.82. The number of non-ortho nitro benzene ring substituents is 2. The Morgan fingerprint density at radius 2 is 1.33 bits per heavy atom. The van der Waals surface area contributed by atoms with Crippen LogP contribution in [0.25, 0.3) is 16.7 Å². The van der Waals surface area contributed by atoms with Crippen molar-refractivity contribution >= 4 is 48.9 Å². The summed E-state index contributed by atoms with van der Waals surface area (Å²) in [4.78, 5) is 76.6. The quantitative estimate of drug-likeness (QED) is 0.0419. The van der Waals surface area contributed by atoms with Crippen LogP contribution in [0.4, 0.5) is 11.4 Å². The number of benzene rings is 4. The number of ketones is 1. The molecule has 1 aliphatic carbocycles. The molecule has 4 aromatic rings. The molecule has 0 N–H and O–H groups in total. The predicted octanol–water partition coefficient (Wildman–Crippen LogP) is 7.00. The Kier molecular flexibility index (Phi) is 9.52. The van der Waals surface area contributed by atoms with Crippen LogP contribution in [0.1, 0.15) is 56.3 Å². The molecule has 1 fully saturated rings. The van der Waals surface area contributed by atoms with Crippen LogP contribution in [-0.4, -0.2) is 58.8 Å². The van der Waals surface area contributed by atoms with E-state index in [1.54, 1.807) is 30.3 Å². The highest BCUT2D eigenvalue weighted by Crippen LogP contribution is 2.49. The minimum atomic E-state index is -2.01. The fourth-order valence-electron chi connectivity index (χ4n) is 7.40. The van der Waals surface area contributed by atoms with Crippen molar-refractivity contribution in [1.82, 2.24) is 4.90 Å². The van der Waals surface area contributed by atoms with Crippen LogP contribution in [0.5, 0.6) is 0 Å². The van der Waals surface area contributed by atoms with Gasteiger partial charge in [-0.25, -0.2) is 9.59 Å². The molecule has 0 spiro atoms. The molecule has 0 aromatic heterocycles. The Balaban J connectivity index is 1.16. The summed E-state index contributed by atoms with van der Waals surface area (Å²) in [7, 11) is -2.01. The number of ether oxygens (including phenoxy) is 2. The number of nitrogens with zero attached hydrogens (tertiary/aromatic N) is 3. The molecule has 2 aliphatic heterocycles. The molecule has 0 unspecified atom stereocenters. The van der Waals surface area contributed by atoms with Gasteiger partial charge in [0, 0.05) is 35.4 Å². The summed E-state index contributed by atoms with van der Waals surface area (Å²) in [6.45, 7) is 7.71. The first-order valence-corrected chi connectivity index (χ1v) is 20.9. The maximum absolute atomic E-state index is 13.9.